The molecule has 1 aliphatic heterocycles. The molecule has 1 saturated carbocycles. The first-order valence-electron chi connectivity index (χ1n) is 10.4. The Balaban J connectivity index is 1.32. The molecule has 2 fully saturated rings. The quantitative estimate of drug-likeness (QED) is 0.715. The van der Waals surface area contributed by atoms with E-state index in [9.17, 15) is 22.4 Å². The molecule has 4 nitrogen and oxygen atoms in total. The lowest BCUT2D eigenvalue weighted by Gasteiger charge is -2.37. The first-order chi connectivity index (χ1) is 13.8. The molecule has 1 heterocycles. The topological polar surface area (TPSA) is 35.6 Å². The number of hydrogen-bond acceptors (Lipinski definition) is 3. The summed E-state index contributed by atoms with van der Waals surface area (Å²) in [6.07, 6.45) is -1.37. The Hall–Kier alpha value is -1.83. The Morgan fingerprint density at radius 3 is 2.38 bits per heavy atom. The van der Waals surface area contributed by atoms with Crippen LogP contribution in [-0.2, 0) is 4.79 Å². The molecular formula is C21H29F4N3O. The van der Waals surface area contributed by atoms with E-state index in [-0.39, 0.29) is 11.9 Å². The molecule has 8 heteroatoms. The number of halogens is 4. The van der Waals surface area contributed by atoms with Crippen molar-refractivity contribution in [3.63, 3.8) is 0 Å². The van der Waals surface area contributed by atoms with E-state index >= 15 is 0 Å². The zero-order valence-electron chi connectivity index (χ0n) is 16.6. The third-order valence-electron chi connectivity index (χ3n) is 5.97. The van der Waals surface area contributed by atoms with Gasteiger partial charge in [0.2, 0.25) is 5.91 Å². The summed E-state index contributed by atoms with van der Waals surface area (Å²) in [6.45, 7) is 4.65. The van der Waals surface area contributed by atoms with Crippen LogP contribution in [0.4, 0.5) is 23.2 Å². The molecule has 0 unspecified atom stereocenters. The Morgan fingerprint density at radius 2 is 1.76 bits per heavy atom. The lowest BCUT2D eigenvalue weighted by atomic mass is 9.84. The van der Waals surface area contributed by atoms with Crippen molar-refractivity contribution in [1.82, 2.24) is 10.2 Å². The van der Waals surface area contributed by atoms with E-state index in [4.69, 9.17) is 0 Å². The number of carbonyl (C=O) groups excluding carboxylic acids is 1. The van der Waals surface area contributed by atoms with Gasteiger partial charge in [0, 0.05) is 37.9 Å². The smallest absolute Gasteiger partial charge is 0.369 e. The average Bonchev–Trinajstić information content (AvgIpc) is 2.66. The molecular weight excluding hydrogens is 386 g/mol. The van der Waals surface area contributed by atoms with Gasteiger partial charge >= 0.3 is 6.18 Å². The number of nitrogens with one attached hydrogen (secondary N) is 1. The normalized spacial score (nSPS) is 23.8. The second-order valence-electron chi connectivity index (χ2n) is 8.17. The van der Waals surface area contributed by atoms with Crippen LogP contribution in [-0.4, -0.2) is 55.7 Å². The fraction of sp³-hybridized carbons (Fsp3) is 0.667. The molecule has 3 rings (SSSR count). The van der Waals surface area contributed by atoms with Crippen LogP contribution in [0.3, 0.4) is 0 Å². The summed E-state index contributed by atoms with van der Waals surface area (Å²) in [5.74, 6) is -0.570. The van der Waals surface area contributed by atoms with Crippen molar-refractivity contribution in [2.75, 3.05) is 37.6 Å². The fourth-order valence-electron chi connectivity index (χ4n) is 4.32. The van der Waals surface area contributed by atoms with Gasteiger partial charge in [0.05, 0.1) is 0 Å². The highest BCUT2D eigenvalue weighted by Crippen LogP contribution is 2.28. The predicted molar refractivity (Wildman–Crippen MR) is 104 cm³/mol. The molecule has 1 aliphatic carbocycles. The van der Waals surface area contributed by atoms with Crippen molar-refractivity contribution in [3.8, 4) is 0 Å². The molecule has 2 aliphatic rings. The number of hydrogen-bond donors (Lipinski definition) is 1. The average molecular weight is 415 g/mol. The van der Waals surface area contributed by atoms with Crippen molar-refractivity contribution in [1.29, 1.82) is 0 Å². The van der Waals surface area contributed by atoms with E-state index in [1.54, 1.807) is 12.1 Å². The van der Waals surface area contributed by atoms with Crippen LogP contribution >= 0.6 is 0 Å². The lowest BCUT2D eigenvalue weighted by molar-refractivity contribution is -0.154. The molecule has 1 amide bonds. The summed E-state index contributed by atoms with van der Waals surface area (Å²) in [5, 5.41) is 2.52. The number of alkyl halides is 3. The van der Waals surface area contributed by atoms with E-state index in [2.05, 4.69) is 15.1 Å². The Bertz CT molecular complexity index is 666. The number of nitrogens with zero attached hydrogens (tertiary/aromatic N) is 2. The fourth-order valence-corrected chi connectivity index (χ4v) is 4.32. The number of anilines is 1. The van der Waals surface area contributed by atoms with Gasteiger partial charge in [-0.25, -0.2) is 4.39 Å². The number of piperazine rings is 1. The van der Waals surface area contributed by atoms with Gasteiger partial charge in [0.25, 0.3) is 0 Å². The van der Waals surface area contributed by atoms with Gasteiger partial charge in [-0.15, -0.1) is 0 Å². The molecule has 1 aromatic carbocycles. The van der Waals surface area contributed by atoms with Crippen LogP contribution in [0.1, 0.15) is 38.5 Å². The summed E-state index contributed by atoms with van der Waals surface area (Å²) < 4.78 is 50.1. The second kappa shape index (κ2) is 9.78. The highest BCUT2D eigenvalue weighted by molar-refractivity contribution is 5.76. The lowest BCUT2D eigenvalue weighted by Crippen LogP contribution is -2.47. The minimum absolute atomic E-state index is 0.129. The first-order valence-corrected chi connectivity index (χ1v) is 10.4. The van der Waals surface area contributed by atoms with Crippen molar-refractivity contribution >= 4 is 11.6 Å². The zero-order valence-corrected chi connectivity index (χ0v) is 16.6. The summed E-state index contributed by atoms with van der Waals surface area (Å²) >= 11 is 0. The highest BCUT2D eigenvalue weighted by Gasteiger charge is 2.32. The first kappa shape index (κ1) is 21.9. The summed E-state index contributed by atoms with van der Waals surface area (Å²) in [7, 11) is 0. The maximum absolute atomic E-state index is 13.4. The van der Waals surface area contributed by atoms with Gasteiger partial charge in [0.15, 0.2) is 0 Å². The minimum atomic E-state index is -4.44. The van der Waals surface area contributed by atoms with Crippen LogP contribution in [0.25, 0.3) is 0 Å². The Kier molecular flexibility index (Phi) is 7.38. The molecule has 0 bridgehead atoms. The number of rotatable bonds is 6. The van der Waals surface area contributed by atoms with Crippen molar-refractivity contribution < 1.29 is 22.4 Å². The third-order valence-corrected chi connectivity index (χ3v) is 5.97. The number of benzene rings is 1. The van der Waals surface area contributed by atoms with Gasteiger partial charge in [-0.05, 0) is 62.8 Å². The van der Waals surface area contributed by atoms with E-state index in [1.165, 1.54) is 6.07 Å². The predicted octanol–water partition coefficient (Wildman–Crippen LogP) is 3.97. The Labute approximate surface area is 169 Å². The number of carbonyl (C=O) groups is 1. The summed E-state index contributed by atoms with van der Waals surface area (Å²) in [6, 6.07) is 6.57. The van der Waals surface area contributed by atoms with E-state index in [0.717, 1.165) is 70.5 Å². The van der Waals surface area contributed by atoms with Gasteiger partial charge in [-0.2, -0.15) is 13.2 Å². The maximum atomic E-state index is 13.4. The number of amides is 1. The zero-order chi connectivity index (χ0) is 20.9. The van der Waals surface area contributed by atoms with Crippen LogP contribution in [0.15, 0.2) is 24.3 Å². The Morgan fingerprint density at radius 1 is 1.07 bits per heavy atom. The minimum Gasteiger partial charge on any atom is -0.369 e. The van der Waals surface area contributed by atoms with E-state index in [1.807, 2.05) is 6.07 Å². The molecule has 0 radical (unpaired) electrons. The maximum Gasteiger partial charge on any atom is 0.397 e. The molecule has 0 spiro atoms. The van der Waals surface area contributed by atoms with Gasteiger partial charge in [0.1, 0.15) is 12.2 Å². The third kappa shape index (κ3) is 7.17. The SMILES string of the molecule is O=C(CC(F)(F)F)N[C@H]1CC[C@H](CCN2CCN(c3cccc(F)c3)CC2)CC1. The van der Waals surface area contributed by atoms with Gasteiger partial charge in [-0.1, -0.05) is 6.07 Å². The van der Waals surface area contributed by atoms with Crippen LogP contribution in [0.2, 0.25) is 0 Å². The summed E-state index contributed by atoms with van der Waals surface area (Å²) in [5.41, 5.74) is 0.926. The van der Waals surface area contributed by atoms with E-state index < -0.39 is 18.5 Å². The molecule has 0 aromatic heterocycles. The second-order valence-corrected chi connectivity index (χ2v) is 8.17. The van der Waals surface area contributed by atoms with Crippen LogP contribution < -0.4 is 10.2 Å². The standard InChI is InChI=1S/C21H29F4N3O/c22-17-2-1-3-19(14-17)28-12-10-27(11-13-28)9-8-16-4-6-18(7-5-16)26-20(29)15-21(23,24)25/h1-3,14,16,18H,4-13,15H2,(H,26,29)/t16-,18-. The van der Waals surface area contributed by atoms with Crippen LogP contribution in [0, 0.1) is 11.7 Å². The van der Waals surface area contributed by atoms with Crippen molar-refractivity contribution in [3.05, 3.63) is 30.1 Å². The van der Waals surface area contributed by atoms with Crippen molar-refractivity contribution in [2.45, 2.75) is 50.7 Å². The monoisotopic (exact) mass is 415 g/mol. The molecule has 29 heavy (non-hydrogen) atoms. The van der Waals surface area contributed by atoms with Crippen LogP contribution in [0.5, 0.6) is 0 Å². The van der Waals surface area contributed by atoms with E-state index in [0.29, 0.717) is 5.92 Å². The molecule has 0 atom stereocenters. The van der Waals surface area contributed by atoms with Crippen molar-refractivity contribution in [2.24, 2.45) is 5.92 Å². The van der Waals surface area contributed by atoms with Gasteiger partial charge < -0.3 is 10.2 Å². The molecule has 1 saturated heterocycles. The van der Waals surface area contributed by atoms with Gasteiger partial charge in [-0.3, -0.25) is 9.69 Å². The largest absolute Gasteiger partial charge is 0.397 e. The molecule has 1 N–H and O–H groups in total. The molecule has 1 aromatic rings. The summed E-state index contributed by atoms with van der Waals surface area (Å²) in [4.78, 5) is 16.1. The highest BCUT2D eigenvalue weighted by atomic mass is 19.4. The molecule has 162 valence electrons.